The first-order chi connectivity index (χ1) is 15.1. The molecule has 7 heteroatoms. The molecule has 32 heavy (non-hydrogen) atoms. The van der Waals surface area contributed by atoms with E-state index in [-0.39, 0.29) is 12.3 Å². The number of amides is 1. The van der Waals surface area contributed by atoms with E-state index < -0.39 is 11.4 Å². The molecule has 0 spiro atoms. The van der Waals surface area contributed by atoms with E-state index in [1.807, 2.05) is 24.3 Å². The van der Waals surface area contributed by atoms with Crippen LogP contribution >= 0.6 is 11.3 Å². The van der Waals surface area contributed by atoms with Gasteiger partial charge in [-0.2, -0.15) is 0 Å². The predicted octanol–water partition coefficient (Wildman–Crippen LogP) is 3.42. The minimum absolute atomic E-state index is 0.178. The van der Waals surface area contributed by atoms with Crippen molar-refractivity contribution in [1.82, 2.24) is 10.3 Å². The lowest BCUT2D eigenvalue weighted by Gasteiger charge is -2.25. The van der Waals surface area contributed by atoms with Gasteiger partial charge in [0.05, 0.1) is 56.3 Å². The Morgan fingerprint density at radius 3 is 2.44 bits per heavy atom. The maximum Gasteiger partial charge on any atom is 0.304 e. The number of carboxylic acid groups (broad SMARTS) is 1. The summed E-state index contributed by atoms with van der Waals surface area (Å²) in [6.45, 7) is 1.36. The van der Waals surface area contributed by atoms with E-state index in [2.05, 4.69) is 44.7 Å². The molecule has 2 N–H and O–H groups in total. The molecule has 0 bridgehead atoms. The van der Waals surface area contributed by atoms with Gasteiger partial charge in [0.2, 0.25) is 5.91 Å². The Morgan fingerprint density at radius 1 is 1.12 bits per heavy atom. The van der Waals surface area contributed by atoms with E-state index in [9.17, 15) is 14.7 Å². The molecule has 1 amide bonds. The number of carboxylic acids is 1. The molecule has 1 aliphatic rings. The summed E-state index contributed by atoms with van der Waals surface area (Å²) in [4.78, 5) is 29.5. The lowest BCUT2D eigenvalue weighted by Crippen LogP contribution is -2.43. The van der Waals surface area contributed by atoms with E-state index in [0.29, 0.717) is 19.4 Å². The van der Waals surface area contributed by atoms with Crippen LogP contribution in [0, 0.1) is 5.41 Å². The number of benzene rings is 2. The lowest BCUT2D eigenvalue weighted by molar-refractivity contribution is -0.870. The number of carbonyl (C=O) groups excluding carboxylic acids is 1. The summed E-state index contributed by atoms with van der Waals surface area (Å²) in [6.07, 6.45) is 1.72. The van der Waals surface area contributed by atoms with E-state index in [4.69, 9.17) is 4.98 Å². The maximum atomic E-state index is 13.2. The Bertz CT molecular complexity index is 1140. The van der Waals surface area contributed by atoms with Crippen molar-refractivity contribution >= 4 is 33.4 Å². The number of quaternary nitrogens is 1. The van der Waals surface area contributed by atoms with Gasteiger partial charge in [0.15, 0.2) is 0 Å². The van der Waals surface area contributed by atoms with Crippen LogP contribution in [0.1, 0.15) is 28.1 Å². The van der Waals surface area contributed by atoms with Crippen molar-refractivity contribution in [1.29, 1.82) is 0 Å². The van der Waals surface area contributed by atoms with Gasteiger partial charge in [0.1, 0.15) is 5.01 Å². The smallest absolute Gasteiger partial charge is 0.304 e. The number of fused-ring (bicyclic) bond motifs is 2. The lowest BCUT2D eigenvalue weighted by atomic mass is 9.80. The third-order valence-corrected chi connectivity index (χ3v) is 7.15. The molecule has 0 radical (unpaired) electrons. The van der Waals surface area contributed by atoms with Crippen LogP contribution in [0.15, 0.2) is 42.5 Å². The number of aliphatic carboxylic acids is 1. The van der Waals surface area contributed by atoms with Gasteiger partial charge in [-0.05, 0) is 41.7 Å². The number of rotatable bonds is 8. The summed E-state index contributed by atoms with van der Waals surface area (Å²) in [7, 11) is 6.55. The molecule has 0 atom stereocenters. The molecule has 0 fully saturated rings. The molecule has 4 rings (SSSR count). The first-order valence-corrected chi connectivity index (χ1v) is 11.7. The Morgan fingerprint density at radius 2 is 1.81 bits per heavy atom. The molecular formula is C25H30N3O3S+. The molecule has 0 saturated carbocycles. The Kier molecular flexibility index (Phi) is 6.05. The first kappa shape index (κ1) is 22.4. The standard InChI is InChI=1S/C25H29N3O3S/c1-28(2,3)11-10-17-8-9-21-20(12-17)27-22(32-21)16-26-24(31)25(15-23(29)30)13-18-6-4-5-7-19(18)14-25/h4-9,12H,10-11,13-16H2,1-3H3,(H-,26,29,30,31)/p+1. The highest BCUT2D eigenvalue weighted by atomic mass is 32.1. The van der Waals surface area contributed by atoms with Crippen molar-refractivity contribution in [3.05, 3.63) is 64.2 Å². The van der Waals surface area contributed by atoms with Gasteiger partial charge in [-0.15, -0.1) is 11.3 Å². The summed E-state index contributed by atoms with van der Waals surface area (Å²) >= 11 is 1.57. The van der Waals surface area contributed by atoms with Crippen LogP contribution in [0.3, 0.4) is 0 Å². The van der Waals surface area contributed by atoms with Gasteiger partial charge in [-0.25, -0.2) is 4.98 Å². The highest BCUT2D eigenvalue weighted by Gasteiger charge is 2.45. The fourth-order valence-electron chi connectivity index (χ4n) is 4.41. The Balaban J connectivity index is 1.46. The monoisotopic (exact) mass is 452 g/mol. The molecule has 3 aromatic rings. The van der Waals surface area contributed by atoms with Crippen LogP contribution in [0.5, 0.6) is 0 Å². The molecule has 0 unspecified atom stereocenters. The van der Waals surface area contributed by atoms with Crippen molar-refractivity contribution in [3.63, 3.8) is 0 Å². The number of hydrogen-bond donors (Lipinski definition) is 2. The molecule has 6 nitrogen and oxygen atoms in total. The minimum Gasteiger partial charge on any atom is -0.481 e. The number of thiazole rings is 1. The minimum atomic E-state index is -0.950. The van der Waals surface area contributed by atoms with E-state index in [0.717, 1.165) is 43.8 Å². The summed E-state index contributed by atoms with van der Waals surface area (Å²) in [5.74, 6) is -1.16. The molecule has 168 valence electrons. The average Bonchev–Trinajstić information content (AvgIpc) is 3.30. The fourth-order valence-corrected chi connectivity index (χ4v) is 5.30. The fraction of sp³-hybridized carbons (Fsp3) is 0.400. The summed E-state index contributed by atoms with van der Waals surface area (Å²) in [5.41, 5.74) is 3.39. The van der Waals surface area contributed by atoms with E-state index >= 15 is 0 Å². The Labute approximate surface area is 192 Å². The quantitative estimate of drug-likeness (QED) is 0.514. The van der Waals surface area contributed by atoms with Crippen LogP contribution in [0.25, 0.3) is 10.2 Å². The number of carbonyl (C=O) groups is 2. The molecule has 2 aromatic carbocycles. The SMILES string of the molecule is C[N+](C)(C)CCc1ccc2sc(CNC(=O)C3(CC(=O)O)Cc4ccccc4C3)nc2c1. The predicted molar refractivity (Wildman–Crippen MR) is 127 cm³/mol. The van der Waals surface area contributed by atoms with Crippen LogP contribution in [0.4, 0.5) is 0 Å². The molecule has 1 aliphatic carbocycles. The van der Waals surface area contributed by atoms with E-state index in [1.54, 1.807) is 11.3 Å². The molecule has 1 aromatic heterocycles. The van der Waals surface area contributed by atoms with Gasteiger partial charge in [-0.3, -0.25) is 9.59 Å². The van der Waals surface area contributed by atoms with Gasteiger partial charge in [0, 0.05) is 6.42 Å². The van der Waals surface area contributed by atoms with Crippen molar-refractivity contribution in [3.8, 4) is 0 Å². The van der Waals surface area contributed by atoms with Crippen LogP contribution < -0.4 is 5.32 Å². The van der Waals surface area contributed by atoms with Crippen molar-refractivity contribution in [2.24, 2.45) is 5.41 Å². The average molecular weight is 453 g/mol. The molecule has 0 aliphatic heterocycles. The Hall–Kier alpha value is -2.77. The number of hydrogen-bond acceptors (Lipinski definition) is 4. The third kappa shape index (κ3) is 5.00. The maximum absolute atomic E-state index is 13.2. The zero-order chi connectivity index (χ0) is 22.9. The molecule has 1 heterocycles. The number of nitrogens with zero attached hydrogens (tertiary/aromatic N) is 2. The van der Waals surface area contributed by atoms with Crippen LogP contribution in [-0.4, -0.2) is 54.1 Å². The summed E-state index contributed by atoms with van der Waals surface area (Å²) in [6, 6.07) is 14.2. The number of nitrogens with one attached hydrogen (secondary N) is 1. The summed E-state index contributed by atoms with van der Waals surface area (Å²) < 4.78 is 2.01. The number of aromatic nitrogens is 1. The van der Waals surface area contributed by atoms with Gasteiger partial charge in [0.25, 0.3) is 0 Å². The van der Waals surface area contributed by atoms with Crippen molar-refractivity contribution in [2.45, 2.75) is 32.2 Å². The molecule has 0 saturated heterocycles. The summed E-state index contributed by atoms with van der Waals surface area (Å²) in [5, 5.41) is 13.3. The normalized spacial score (nSPS) is 15.0. The molecular weight excluding hydrogens is 422 g/mol. The second-order valence-corrected chi connectivity index (χ2v) is 10.9. The second kappa shape index (κ2) is 8.64. The number of likely N-dealkylation sites (N-methyl/N-ethyl adjacent to an activating group) is 1. The highest BCUT2D eigenvalue weighted by Crippen LogP contribution is 2.40. The van der Waals surface area contributed by atoms with Gasteiger partial charge >= 0.3 is 5.97 Å². The van der Waals surface area contributed by atoms with Crippen molar-refractivity contribution in [2.75, 3.05) is 27.7 Å². The van der Waals surface area contributed by atoms with Gasteiger partial charge < -0.3 is 14.9 Å². The zero-order valence-electron chi connectivity index (χ0n) is 18.9. The van der Waals surface area contributed by atoms with Crippen LogP contribution in [-0.2, 0) is 35.4 Å². The van der Waals surface area contributed by atoms with Gasteiger partial charge in [-0.1, -0.05) is 30.3 Å². The highest BCUT2D eigenvalue weighted by molar-refractivity contribution is 7.18. The second-order valence-electron chi connectivity index (χ2n) is 9.83. The van der Waals surface area contributed by atoms with E-state index in [1.165, 1.54) is 5.56 Å². The topological polar surface area (TPSA) is 79.3 Å². The first-order valence-electron chi connectivity index (χ1n) is 10.9. The van der Waals surface area contributed by atoms with Crippen molar-refractivity contribution < 1.29 is 19.2 Å². The third-order valence-electron chi connectivity index (χ3n) is 6.12. The zero-order valence-corrected chi connectivity index (χ0v) is 19.7. The largest absolute Gasteiger partial charge is 0.481 e. The van der Waals surface area contributed by atoms with Crippen LogP contribution in [0.2, 0.25) is 0 Å².